The highest BCUT2D eigenvalue weighted by Gasteiger charge is 2.13. The minimum Gasteiger partial charge on any atom is -0.302 e. The first kappa shape index (κ1) is 12.8. The fourth-order valence-electron chi connectivity index (χ4n) is 2.29. The number of rotatable bonds is 4. The number of aromatic amines is 1. The van der Waals surface area contributed by atoms with E-state index in [1.54, 1.807) is 6.20 Å². The van der Waals surface area contributed by atoms with Crippen LogP contribution in [-0.4, -0.2) is 10.2 Å². The molecule has 2 unspecified atom stereocenters. The molecule has 0 amide bonds. The van der Waals surface area contributed by atoms with Gasteiger partial charge in [0.2, 0.25) is 0 Å². The normalized spacial score (nSPS) is 14.4. The third kappa shape index (κ3) is 2.79. The van der Waals surface area contributed by atoms with Crippen molar-refractivity contribution in [2.45, 2.75) is 39.8 Å². The maximum absolute atomic E-state index is 3.99. The van der Waals surface area contributed by atoms with Crippen molar-refractivity contribution in [3.05, 3.63) is 52.8 Å². The van der Waals surface area contributed by atoms with Crippen molar-refractivity contribution < 1.29 is 0 Å². The summed E-state index contributed by atoms with van der Waals surface area (Å²) >= 11 is 0. The van der Waals surface area contributed by atoms with Crippen LogP contribution in [0.25, 0.3) is 0 Å². The van der Waals surface area contributed by atoms with Crippen LogP contribution < -0.4 is 5.32 Å². The predicted octanol–water partition coefficient (Wildman–Crippen LogP) is 3.44. The van der Waals surface area contributed by atoms with E-state index in [0.29, 0.717) is 6.04 Å². The Morgan fingerprint density at radius 3 is 2.56 bits per heavy atom. The quantitative estimate of drug-likeness (QED) is 0.863. The van der Waals surface area contributed by atoms with Gasteiger partial charge >= 0.3 is 0 Å². The average Bonchev–Trinajstić information content (AvgIpc) is 2.85. The molecule has 2 N–H and O–H groups in total. The highest BCUT2D eigenvalue weighted by atomic mass is 15.1. The average molecular weight is 243 g/mol. The van der Waals surface area contributed by atoms with E-state index in [-0.39, 0.29) is 6.04 Å². The van der Waals surface area contributed by atoms with E-state index in [4.69, 9.17) is 0 Å². The molecule has 1 aromatic carbocycles. The van der Waals surface area contributed by atoms with E-state index in [9.17, 15) is 0 Å². The summed E-state index contributed by atoms with van der Waals surface area (Å²) in [5.41, 5.74) is 5.12. The van der Waals surface area contributed by atoms with Crippen LogP contribution >= 0.6 is 0 Å². The molecule has 1 aromatic heterocycles. The lowest BCUT2D eigenvalue weighted by Crippen LogP contribution is -2.23. The molecule has 0 bridgehead atoms. The Balaban J connectivity index is 2.12. The van der Waals surface area contributed by atoms with Gasteiger partial charge in [0.05, 0.1) is 5.69 Å². The van der Waals surface area contributed by atoms with Gasteiger partial charge in [-0.3, -0.25) is 5.10 Å². The summed E-state index contributed by atoms with van der Waals surface area (Å²) in [6, 6.07) is 9.19. The Morgan fingerprint density at radius 1 is 1.11 bits per heavy atom. The molecule has 0 spiro atoms. The number of hydrogen-bond acceptors (Lipinski definition) is 2. The first-order valence-corrected chi connectivity index (χ1v) is 6.40. The molecule has 0 saturated carbocycles. The van der Waals surface area contributed by atoms with Gasteiger partial charge in [-0.1, -0.05) is 23.8 Å². The van der Waals surface area contributed by atoms with Crippen molar-refractivity contribution in [1.82, 2.24) is 15.5 Å². The Hall–Kier alpha value is -1.61. The maximum Gasteiger partial charge on any atom is 0.0518 e. The molecule has 0 aliphatic carbocycles. The molecule has 0 aliphatic rings. The van der Waals surface area contributed by atoms with Crippen LogP contribution in [-0.2, 0) is 0 Å². The van der Waals surface area contributed by atoms with Crippen molar-refractivity contribution in [3.63, 3.8) is 0 Å². The topological polar surface area (TPSA) is 40.7 Å². The number of aryl methyl sites for hydroxylation is 2. The highest BCUT2D eigenvalue weighted by Crippen LogP contribution is 2.22. The molecule has 0 fully saturated rings. The van der Waals surface area contributed by atoms with E-state index >= 15 is 0 Å². The molecule has 2 rings (SSSR count). The van der Waals surface area contributed by atoms with Gasteiger partial charge in [0.15, 0.2) is 0 Å². The van der Waals surface area contributed by atoms with Gasteiger partial charge < -0.3 is 5.32 Å². The van der Waals surface area contributed by atoms with Crippen LogP contribution in [0.1, 0.15) is 48.3 Å². The third-order valence-electron chi connectivity index (χ3n) is 3.39. The van der Waals surface area contributed by atoms with E-state index in [1.165, 1.54) is 16.7 Å². The molecular formula is C15H21N3. The van der Waals surface area contributed by atoms with Gasteiger partial charge in [-0.05, 0) is 44.9 Å². The predicted molar refractivity (Wildman–Crippen MR) is 74.5 cm³/mol. The summed E-state index contributed by atoms with van der Waals surface area (Å²) in [6.45, 7) is 8.64. The molecule has 96 valence electrons. The van der Waals surface area contributed by atoms with Crippen molar-refractivity contribution >= 4 is 0 Å². The molecule has 1 heterocycles. The minimum absolute atomic E-state index is 0.266. The monoisotopic (exact) mass is 243 g/mol. The summed E-state index contributed by atoms with van der Waals surface area (Å²) in [7, 11) is 0. The molecule has 2 atom stereocenters. The molecule has 0 aliphatic heterocycles. The van der Waals surface area contributed by atoms with E-state index in [1.807, 2.05) is 6.07 Å². The minimum atomic E-state index is 0.266. The molecule has 0 saturated heterocycles. The second-order valence-electron chi connectivity index (χ2n) is 4.98. The number of benzene rings is 1. The summed E-state index contributed by atoms with van der Waals surface area (Å²) in [5, 5.41) is 10.6. The fraction of sp³-hybridized carbons (Fsp3) is 0.400. The molecule has 18 heavy (non-hydrogen) atoms. The zero-order valence-corrected chi connectivity index (χ0v) is 11.5. The van der Waals surface area contributed by atoms with Crippen LogP contribution in [0.15, 0.2) is 30.5 Å². The van der Waals surface area contributed by atoms with Gasteiger partial charge in [0, 0.05) is 18.3 Å². The molecule has 2 aromatic rings. The molecule has 0 radical (unpaired) electrons. The van der Waals surface area contributed by atoms with Crippen LogP contribution in [0.5, 0.6) is 0 Å². The van der Waals surface area contributed by atoms with Crippen molar-refractivity contribution in [3.8, 4) is 0 Å². The van der Waals surface area contributed by atoms with Crippen molar-refractivity contribution in [1.29, 1.82) is 0 Å². The number of nitrogens with one attached hydrogen (secondary N) is 2. The lowest BCUT2D eigenvalue weighted by Gasteiger charge is -2.21. The van der Waals surface area contributed by atoms with Crippen molar-refractivity contribution in [2.24, 2.45) is 0 Å². The zero-order chi connectivity index (χ0) is 13.1. The van der Waals surface area contributed by atoms with Crippen LogP contribution in [0, 0.1) is 13.8 Å². The lowest BCUT2D eigenvalue weighted by atomic mass is 9.99. The Morgan fingerprint density at radius 2 is 1.89 bits per heavy atom. The first-order chi connectivity index (χ1) is 8.58. The van der Waals surface area contributed by atoms with Gasteiger partial charge in [0.25, 0.3) is 0 Å². The summed E-state index contributed by atoms with van der Waals surface area (Å²) < 4.78 is 0. The third-order valence-corrected chi connectivity index (χ3v) is 3.39. The number of nitrogens with zero attached hydrogens (tertiary/aromatic N) is 1. The number of hydrogen-bond donors (Lipinski definition) is 2. The summed E-state index contributed by atoms with van der Waals surface area (Å²) in [4.78, 5) is 0. The molecule has 3 heteroatoms. The largest absolute Gasteiger partial charge is 0.302 e. The second-order valence-corrected chi connectivity index (χ2v) is 4.98. The van der Waals surface area contributed by atoms with Gasteiger partial charge in [0.1, 0.15) is 0 Å². The van der Waals surface area contributed by atoms with E-state index in [2.05, 4.69) is 61.4 Å². The summed E-state index contributed by atoms with van der Waals surface area (Å²) in [5.74, 6) is 0. The van der Waals surface area contributed by atoms with Gasteiger partial charge in [-0.15, -0.1) is 0 Å². The number of aromatic nitrogens is 2. The van der Waals surface area contributed by atoms with Crippen LogP contribution in [0.2, 0.25) is 0 Å². The zero-order valence-electron chi connectivity index (χ0n) is 11.5. The standard InChI is InChI=1S/C15H21N3/c1-10-5-6-11(2)14(9-10)12(3)17-13(4)15-7-8-16-18-15/h5-9,12-13,17H,1-4H3,(H,16,18). The number of H-pyrrole nitrogens is 1. The second kappa shape index (κ2) is 5.36. The summed E-state index contributed by atoms with van der Waals surface area (Å²) in [6.07, 6.45) is 1.79. The van der Waals surface area contributed by atoms with E-state index < -0.39 is 0 Å². The van der Waals surface area contributed by atoms with Gasteiger partial charge in [-0.2, -0.15) is 5.10 Å². The van der Waals surface area contributed by atoms with Crippen LogP contribution in [0.4, 0.5) is 0 Å². The van der Waals surface area contributed by atoms with Gasteiger partial charge in [-0.25, -0.2) is 0 Å². The maximum atomic E-state index is 3.99. The highest BCUT2D eigenvalue weighted by molar-refractivity contribution is 5.32. The lowest BCUT2D eigenvalue weighted by molar-refractivity contribution is 0.484. The molecule has 3 nitrogen and oxygen atoms in total. The SMILES string of the molecule is Cc1ccc(C)c(C(C)NC(C)c2ccn[nH]2)c1. The van der Waals surface area contributed by atoms with E-state index in [0.717, 1.165) is 5.69 Å². The first-order valence-electron chi connectivity index (χ1n) is 6.40. The Bertz CT molecular complexity index is 502. The Labute approximate surface area is 109 Å². The fourth-order valence-corrected chi connectivity index (χ4v) is 2.29. The Kier molecular flexibility index (Phi) is 3.82. The molecular weight excluding hydrogens is 222 g/mol. The smallest absolute Gasteiger partial charge is 0.0518 e. The van der Waals surface area contributed by atoms with Crippen LogP contribution in [0.3, 0.4) is 0 Å². The van der Waals surface area contributed by atoms with Crippen molar-refractivity contribution in [2.75, 3.05) is 0 Å².